The van der Waals surface area contributed by atoms with Crippen LogP contribution in [0.5, 0.6) is 0 Å². The maximum Gasteiger partial charge on any atom is 0.0473 e. The first-order valence-corrected chi connectivity index (χ1v) is 7.90. The van der Waals surface area contributed by atoms with Gasteiger partial charge in [-0.2, -0.15) is 0 Å². The van der Waals surface area contributed by atoms with Gasteiger partial charge in [0.1, 0.15) is 0 Å². The molecule has 2 saturated heterocycles. The van der Waals surface area contributed by atoms with Crippen molar-refractivity contribution in [1.29, 1.82) is 0 Å². The Bertz CT molecular complexity index is 291. The number of rotatable bonds is 2. The van der Waals surface area contributed by atoms with Crippen LogP contribution in [-0.2, 0) is 0 Å². The fourth-order valence-corrected chi connectivity index (χ4v) is 4.79. The molecule has 2 heterocycles. The van der Waals surface area contributed by atoms with Crippen LogP contribution in [0, 0.1) is 5.92 Å². The van der Waals surface area contributed by atoms with Crippen LogP contribution in [0.1, 0.15) is 44.9 Å². The summed E-state index contributed by atoms with van der Waals surface area (Å²) in [6.07, 6.45) is 9.94. The summed E-state index contributed by atoms with van der Waals surface area (Å²) in [6.45, 7) is 4.56. The lowest BCUT2D eigenvalue weighted by Gasteiger charge is -2.52. The van der Waals surface area contributed by atoms with Crippen LogP contribution in [0.15, 0.2) is 0 Å². The zero-order valence-corrected chi connectivity index (χ0v) is 11.9. The van der Waals surface area contributed by atoms with E-state index in [2.05, 4.69) is 16.8 Å². The zero-order valence-electron chi connectivity index (χ0n) is 11.9. The van der Waals surface area contributed by atoms with E-state index in [0.29, 0.717) is 5.54 Å². The molecule has 3 rings (SSSR count). The van der Waals surface area contributed by atoms with Gasteiger partial charge < -0.3 is 10.6 Å². The molecule has 3 aliphatic rings. The quantitative estimate of drug-likeness (QED) is 0.810. The fourth-order valence-electron chi connectivity index (χ4n) is 4.79. The van der Waals surface area contributed by atoms with E-state index in [9.17, 15) is 0 Å². The molecule has 2 aliphatic heterocycles. The number of nitrogens with two attached hydrogens (primary N) is 1. The average molecular weight is 251 g/mol. The second-order valence-electron chi connectivity index (χ2n) is 6.86. The highest BCUT2D eigenvalue weighted by molar-refractivity contribution is 5.04. The Hall–Kier alpha value is -0.120. The van der Waals surface area contributed by atoms with Crippen LogP contribution < -0.4 is 5.73 Å². The summed E-state index contributed by atoms with van der Waals surface area (Å²) >= 11 is 0. The van der Waals surface area contributed by atoms with Gasteiger partial charge in [0.2, 0.25) is 0 Å². The molecule has 104 valence electrons. The Labute approximate surface area is 112 Å². The Kier molecular flexibility index (Phi) is 3.65. The normalized spacial score (nSPS) is 43.0. The van der Waals surface area contributed by atoms with Crippen molar-refractivity contribution in [2.75, 3.05) is 33.2 Å². The highest BCUT2D eigenvalue weighted by atomic mass is 15.3. The SMILES string of the molecule is CN1CCC(CN)(N2CCCC3CCCCC32)C1. The van der Waals surface area contributed by atoms with E-state index in [1.807, 2.05) is 0 Å². The summed E-state index contributed by atoms with van der Waals surface area (Å²) in [5.41, 5.74) is 6.52. The predicted molar refractivity (Wildman–Crippen MR) is 75.6 cm³/mol. The molecule has 3 nitrogen and oxygen atoms in total. The van der Waals surface area contributed by atoms with Gasteiger partial charge in [-0.25, -0.2) is 0 Å². The van der Waals surface area contributed by atoms with Crippen molar-refractivity contribution >= 4 is 0 Å². The van der Waals surface area contributed by atoms with Crippen molar-refractivity contribution in [2.45, 2.75) is 56.5 Å². The number of likely N-dealkylation sites (tertiary alicyclic amines) is 2. The smallest absolute Gasteiger partial charge is 0.0473 e. The molecular weight excluding hydrogens is 222 g/mol. The van der Waals surface area contributed by atoms with Gasteiger partial charge in [0.05, 0.1) is 0 Å². The van der Waals surface area contributed by atoms with Gasteiger partial charge in [0.25, 0.3) is 0 Å². The number of hydrogen-bond donors (Lipinski definition) is 1. The van der Waals surface area contributed by atoms with Gasteiger partial charge in [-0.1, -0.05) is 12.8 Å². The summed E-state index contributed by atoms with van der Waals surface area (Å²) in [5.74, 6) is 0.974. The Morgan fingerprint density at radius 1 is 1.11 bits per heavy atom. The molecule has 0 aromatic carbocycles. The first-order chi connectivity index (χ1) is 8.75. The summed E-state index contributed by atoms with van der Waals surface area (Å²) in [7, 11) is 2.25. The molecule has 18 heavy (non-hydrogen) atoms. The molecule has 3 unspecified atom stereocenters. The molecule has 0 radical (unpaired) electrons. The number of fused-ring (bicyclic) bond motifs is 1. The van der Waals surface area contributed by atoms with Gasteiger partial charge >= 0.3 is 0 Å². The predicted octanol–water partition coefficient (Wildman–Crippen LogP) is 1.67. The zero-order chi connectivity index (χ0) is 12.6. The molecule has 3 fully saturated rings. The highest BCUT2D eigenvalue weighted by Crippen LogP contribution is 2.40. The molecule has 3 atom stereocenters. The van der Waals surface area contributed by atoms with E-state index in [1.165, 1.54) is 64.6 Å². The Morgan fingerprint density at radius 2 is 1.89 bits per heavy atom. The maximum atomic E-state index is 6.22. The third-order valence-electron chi connectivity index (χ3n) is 5.76. The van der Waals surface area contributed by atoms with E-state index in [1.54, 1.807) is 0 Å². The van der Waals surface area contributed by atoms with Crippen LogP contribution >= 0.6 is 0 Å². The lowest BCUT2D eigenvalue weighted by Crippen LogP contribution is -2.62. The number of hydrogen-bond acceptors (Lipinski definition) is 3. The minimum atomic E-state index is 0.301. The van der Waals surface area contributed by atoms with Crippen molar-refractivity contribution in [3.05, 3.63) is 0 Å². The minimum absolute atomic E-state index is 0.301. The monoisotopic (exact) mass is 251 g/mol. The molecule has 2 N–H and O–H groups in total. The van der Waals surface area contributed by atoms with Crippen LogP contribution in [0.25, 0.3) is 0 Å². The van der Waals surface area contributed by atoms with Crippen LogP contribution in [0.3, 0.4) is 0 Å². The van der Waals surface area contributed by atoms with Crippen molar-refractivity contribution in [1.82, 2.24) is 9.80 Å². The standard InChI is InChI=1S/C15H29N3/c1-17-10-8-15(11-16,12-17)18-9-4-6-13-5-2-3-7-14(13)18/h13-14H,2-12,16H2,1H3. The van der Waals surface area contributed by atoms with E-state index >= 15 is 0 Å². The largest absolute Gasteiger partial charge is 0.329 e. The van der Waals surface area contributed by atoms with Gasteiger partial charge in [0.15, 0.2) is 0 Å². The van der Waals surface area contributed by atoms with Crippen LogP contribution in [0.2, 0.25) is 0 Å². The van der Waals surface area contributed by atoms with E-state index in [4.69, 9.17) is 5.73 Å². The molecular formula is C15H29N3. The summed E-state index contributed by atoms with van der Waals surface area (Å²) < 4.78 is 0. The first kappa shape index (κ1) is 12.9. The molecule has 0 aromatic rings. The van der Waals surface area contributed by atoms with Crippen molar-refractivity contribution in [3.8, 4) is 0 Å². The summed E-state index contributed by atoms with van der Waals surface area (Å²) in [6, 6.07) is 0.850. The molecule has 3 heteroatoms. The fraction of sp³-hybridized carbons (Fsp3) is 1.00. The number of nitrogens with zero attached hydrogens (tertiary/aromatic N) is 2. The van der Waals surface area contributed by atoms with E-state index < -0.39 is 0 Å². The molecule has 0 amide bonds. The third-order valence-corrected chi connectivity index (χ3v) is 5.76. The van der Waals surface area contributed by atoms with Crippen molar-refractivity contribution in [3.63, 3.8) is 0 Å². The number of likely N-dealkylation sites (N-methyl/N-ethyl adjacent to an activating group) is 1. The van der Waals surface area contributed by atoms with E-state index in [-0.39, 0.29) is 0 Å². The molecule has 1 saturated carbocycles. The minimum Gasteiger partial charge on any atom is -0.329 e. The highest BCUT2D eigenvalue weighted by Gasteiger charge is 2.46. The Balaban J connectivity index is 1.80. The van der Waals surface area contributed by atoms with E-state index in [0.717, 1.165) is 18.5 Å². The Morgan fingerprint density at radius 3 is 2.61 bits per heavy atom. The van der Waals surface area contributed by atoms with Gasteiger partial charge in [-0.05, 0) is 58.2 Å². The number of piperidine rings is 1. The molecule has 0 bridgehead atoms. The average Bonchev–Trinajstić information content (AvgIpc) is 2.81. The van der Waals surface area contributed by atoms with Gasteiger partial charge in [-0.3, -0.25) is 4.90 Å². The summed E-state index contributed by atoms with van der Waals surface area (Å²) in [5, 5.41) is 0. The molecule has 0 spiro atoms. The lowest BCUT2D eigenvalue weighted by atomic mass is 9.75. The summed E-state index contributed by atoms with van der Waals surface area (Å²) in [4.78, 5) is 5.32. The van der Waals surface area contributed by atoms with Crippen LogP contribution in [0.4, 0.5) is 0 Å². The molecule has 1 aliphatic carbocycles. The van der Waals surface area contributed by atoms with Crippen LogP contribution in [-0.4, -0.2) is 54.6 Å². The van der Waals surface area contributed by atoms with Crippen molar-refractivity contribution < 1.29 is 0 Å². The third kappa shape index (κ3) is 2.10. The molecule has 0 aromatic heterocycles. The second-order valence-corrected chi connectivity index (χ2v) is 6.86. The van der Waals surface area contributed by atoms with Crippen molar-refractivity contribution in [2.24, 2.45) is 11.7 Å². The lowest BCUT2D eigenvalue weighted by molar-refractivity contribution is -0.0203. The van der Waals surface area contributed by atoms with Gasteiger partial charge in [0, 0.05) is 24.7 Å². The van der Waals surface area contributed by atoms with Gasteiger partial charge in [-0.15, -0.1) is 0 Å². The maximum absolute atomic E-state index is 6.22. The second kappa shape index (κ2) is 5.10. The topological polar surface area (TPSA) is 32.5 Å². The first-order valence-electron chi connectivity index (χ1n) is 7.90.